The molecule has 0 radical (unpaired) electrons. The molecule has 8 heteroatoms. The van der Waals surface area contributed by atoms with Gasteiger partial charge in [-0.2, -0.15) is 0 Å². The molecule has 6 nitrogen and oxygen atoms in total. The van der Waals surface area contributed by atoms with Crippen molar-refractivity contribution in [1.82, 2.24) is 10.0 Å². The molecular weight excluding hydrogens is 413 g/mol. The molecule has 29 heavy (non-hydrogen) atoms. The molecule has 0 spiro atoms. The lowest BCUT2D eigenvalue weighted by Crippen LogP contribution is -2.44. The molecule has 3 saturated heterocycles. The van der Waals surface area contributed by atoms with Crippen LogP contribution >= 0.6 is 23.2 Å². The zero-order valence-electron chi connectivity index (χ0n) is 15.7. The molecule has 3 aliphatic rings. The molecule has 0 unspecified atom stereocenters. The molecule has 0 aliphatic carbocycles. The van der Waals surface area contributed by atoms with E-state index >= 15 is 0 Å². The Bertz CT molecular complexity index is 997. The van der Waals surface area contributed by atoms with E-state index in [1.165, 1.54) is 4.90 Å². The van der Waals surface area contributed by atoms with Crippen LogP contribution in [-0.2, 0) is 9.59 Å². The summed E-state index contributed by atoms with van der Waals surface area (Å²) in [7, 11) is 1.62. The fraction of sp³-hybridized carbons (Fsp3) is 0.333. The van der Waals surface area contributed by atoms with Crippen LogP contribution in [0.15, 0.2) is 42.5 Å². The van der Waals surface area contributed by atoms with Gasteiger partial charge in [0.1, 0.15) is 11.8 Å². The van der Waals surface area contributed by atoms with Crippen LogP contribution in [0, 0.1) is 5.92 Å². The number of amides is 2. The summed E-state index contributed by atoms with van der Waals surface area (Å²) in [6.07, 6.45) is 0.962. The summed E-state index contributed by atoms with van der Waals surface area (Å²) >= 11 is 12.2. The van der Waals surface area contributed by atoms with Crippen molar-refractivity contribution in [3.63, 3.8) is 0 Å². The molecule has 0 saturated carbocycles. The minimum Gasteiger partial charge on any atom is -0.497 e. The second-order valence-electron chi connectivity index (χ2n) is 7.48. The number of methoxy groups -OCH3 is 1. The van der Waals surface area contributed by atoms with Crippen molar-refractivity contribution < 1.29 is 14.3 Å². The lowest BCUT2D eigenvalue weighted by molar-refractivity contribution is -0.126. The van der Waals surface area contributed by atoms with Gasteiger partial charge in [-0.3, -0.25) is 9.59 Å². The van der Waals surface area contributed by atoms with Crippen molar-refractivity contribution >= 4 is 40.7 Å². The second-order valence-corrected chi connectivity index (χ2v) is 8.29. The Hall–Kier alpha value is -2.12. The van der Waals surface area contributed by atoms with Crippen LogP contribution in [-0.4, -0.2) is 48.1 Å². The summed E-state index contributed by atoms with van der Waals surface area (Å²) in [5.41, 5.74) is 1.46. The van der Waals surface area contributed by atoms with Crippen molar-refractivity contribution in [3.8, 4) is 5.75 Å². The molecule has 5 rings (SSSR count). The highest BCUT2D eigenvalue weighted by Crippen LogP contribution is 2.49. The second kappa shape index (κ2) is 6.99. The molecule has 150 valence electrons. The summed E-state index contributed by atoms with van der Waals surface area (Å²) in [5, 5.41) is 4.95. The summed E-state index contributed by atoms with van der Waals surface area (Å²) in [4.78, 5) is 28.1. The molecular formula is C21H19Cl2N3O3. The zero-order valence-corrected chi connectivity index (χ0v) is 17.2. The Morgan fingerprint density at radius 2 is 1.59 bits per heavy atom. The maximum Gasteiger partial charge on any atom is 0.253 e. The largest absolute Gasteiger partial charge is 0.497 e. The van der Waals surface area contributed by atoms with E-state index < -0.39 is 12.0 Å². The first kappa shape index (κ1) is 18.9. The van der Waals surface area contributed by atoms with Gasteiger partial charge in [-0.15, -0.1) is 0 Å². The third-order valence-electron chi connectivity index (χ3n) is 6.02. The topological polar surface area (TPSA) is 53.1 Å². The molecule has 2 amide bonds. The molecule has 0 N–H and O–H groups in total. The maximum absolute atomic E-state index is 13.5. The molecule has 0 bridgehead atoms. The predicted octanol–water partition coefficient (Wildman–Crippen LogP) is 3.54. The number of hydrazine groups is 1. The van der Waals surface area contributed by atoms with Gasteiger partial charge in [0.05, 0.1) is 34.8 Å². The van der Waals surface area contributed by atoms with Crippen LogP contribution in [0.2, 0.25) is 10.0 Å². The summed E-state index contributed by atoms with van der Waals surface area (Å²) in [6.45, 7) is 1.60. The molecule has 3 aliphatic heterocycles. The molecule has 3 heterocycles. The van der Waals surface area contributed by atoms with Gasteiger partial charge < -0.3 is 4.74 Å². The summed E-state index contributed by atoms with van der Waals surface area (Å²) < 4.78 is 5.26. The number of hydrogen-bond donors (Lipinski definition) is 0. The molecule has 2 aromatic carbocycles. The van der Waals surface area contributed by atoms with Gasteiger partial charge in [0.15, 0.2) is 0 Å². The minimum atomic E-state index is -0.494. The van der Waals surface area contributed by atoms with Crippen molar-refractivity contribution in [2.45, 2.75) is 18.5 Å². The summed E-state index contributed by atoms with van der Waals surface area (Å²) in [6, 6.07) is 11.9. The standard InChI is InChI=1S/C21H19Cl2N3O3/c1-29-14-6-3-12(4-7-14)18-17-19(25-10-2-9-24(18)25)21(28)26(20(17)27)13-5-8-15(22)16(23)11-13/h3-8,11,17-19H,2,9-10H2,1H3/t17-,18-,19+/m1/s1. The van der Waals surface area contributed by atoms with Gasteiger partial charge in [0, 0.05) is 13.1 Å². The Kier molecular flexibility index (Phi) is 4.55. The van der Waals surface area contributed by atoms with Crippen LogP contribution < -0.4 is 9.64 Å². The number of halogens is 2. The molecule has 3 fully saturated rings. The Morgan fingerprint density at radius 1 is 0.897 bits per heavy atom. The Labute approximate surface area is 178 Å². The van der Waals surface area contributed by atoms with E-state index in [-0.39, 0.29) is 17.9 Å². The van der Waals surface area contributed by atoms with Gasteiger partial charge in [-0.05, 0) is 42.3 Å². The molecule has 2 aromatic rings. The van der Waals surface area contributed by atoms with Crippen molar-refractivity contribution in [1.29, 1.82) is 0 Å². The zero-order chi connectivity index (χ0) is 20.3. The fourth-order valence-corrected chi connectivity index (χ4v) is 5.09. The number of fused-ring (bicyclic) bond motifs is 3. The highest BCUT2D eigenvalue weighted by Gasteiger charge is 2.62. The van der Waals surface area contributed by atoms with Crippen LogP contribution in [0.1, 0.15) is 18.0 Å². The molecule has 3 atom stereocenters. The number of imide groups is 1. The van der Waals surface area contributed by atoms with E-state index in [2.05, 4.69) is 10.0 Å². The maximum atomic E-state index is 13.5. The number of benzene rings is 2. The number of anilines is 1. The van der Waals surface area contributed by atoms with E-state index in [4.69, 9.17) is 27.9 Å². The first-order valence-electron chi connectivity index (χ1n) is 9.51. The van der Waals surface area contributed by atoms with E-state index in [1.54, 1.807) is 25.3 Å². The SMILES string of the molecule is COc1ccc([C@@H]2[C@H]3C(=O)N(c4ccc(Cl)c(Cl)c4)C(=O)[C@H]3N3CCCN23)cc1. The summed E-state index contributed by atoms with van der Waals surface area (Å²) in [5.74, 6) is -0.117. The van der Waals surface area contributed by atoms with Gasteiger partial charge in [-0.1, -0.05) is 35.3 Å². The monoisotopic (exact) mass is 431 g/mol. The number of rotatable bonds is 3. The highest BCUT2D eigenvalue weighted by molar-refractivity contribution is 6.42. The average Bonchev–Trinajstić information content (AvgIpc) is 3.37. The number of nitrogens with zero attached hydrogens (tertiary/aromatic N) is 3. The Morgan fingerprint density at radius 3 is 2.24 bits per heavy atom. The van der Waals surface area contributed by atoms with Gasteiger partial charge in [-0.25, -0.2) is 14.9 Å². The van der Waals surface area contributed by atoms with Gasteiger partial charge in [0.2, 0.25) is 5.91 Å². The molecule has 0 aromatic heterocycles. The van der Waals surface area contributed by atoms with E-state index in [9.17, 15) is 9.59 Å². The third-order valence-corrected chi connectivity index (χ3v) is 6.76. The van der Waals surface area contributed by atoms with E-state index in [0.717, 1.165) is 30.8 Å². The van der Waals surface area contributed by atoms with E-state index in [1.807, 2.05) is 24.3 Å². The van der Waals surface area contributed by atoms with Crippen LogP contribution in [0.4, 0.5) is 5.69 Å². The number of hydrogen-bond acceptors (Lipinski definition) is 5. The predicted molar refractivity (Wildman–Crippen MR) is 110 cm³/mol. The Balaban J connectivity index is 1.56. The lowest BCUT2D eigenvalue weighted by atomic mass is 9.90. The van der Waals surface area contributed by atoms with Crippen molar-refractivity contribution in [2.75, 3.05) is 25.1 Å². The number of carbonyl (C=O) groups is 2. The van der Waals surface area contributed by atoms with Crippen molar-refractivity contribution in [2.24, 2.45) is 5.92 Å². The smallest absolute Gasteiger partial charge is 0.253 e. The minimum absolute atomic E-state index is 0.183. The lowest BCUT2D eigenvalue weighted by Gasteiger charge is -2.29. The highest BCUT2D eigenvalue weighted by atomic mass is 35.5. The van der Waals surface area contributed by atoms with Crippen LogP contribution in [0.3, 0.4) is 0 Å². The first-order chi connectivity index (χ1) is 14.0. The third kappa shape index (κ3) is 2.78. The van der Waals surface area contributed by atoms with Gasteiger partial charge >= 0.3 is 0 Å². The van der Waals surface area contributed by atoms with Gasteiger partial charge in [0.25, 0.3) is 5.91 Å². The van der Waals surface area contributed by atoms with Crippen LogP contribution in [0.5, 0.6) is 5.75 Å². The van der Waals surface area contributed by atoms with E-state index in [0.29, 0.717) is 15.7 Å². The van der Waals surface area contributed by atoms with Crippen LogP contribution in [0.25, 0.3) is 0 Å². The first-order valence-corrected chi connectivity index (χ1v) is 10.3. The number of carbonyl (C=O) groups excluding carboxylic acids is 2. The number of ether oxygens (including phenoxy) is 1. The van der Waals surface area contributed by atoms with Crippen molar-refractivity contribution in [3.05, 3.63) is 58.1 Å². The quantitative estimate of drug-likeness (QED) is 0.695. The average molecular weight is 432 g/mol. The fourth-order valence-electron chi connectivity index (χ4n) is 4.79. The normalized spacial score (nSPS) is 26.9.